The van der Waals surface area contributed by atoms with Crippen molar-refractivity contribution in [2.45, 2.75) is 6.42 Å². The highest BCUT2D eigenvalue weighted by Gasteiger charge is 2.11. The van der Waals surface area contributed by atoms with Crippen molar-refractivity contribution < 1.29 is 19.8 Å². The van der Waals surface area contributed by atoms with E-state index in [1.807, 2.05) is 18.2 Å². The minimum absolute atomic E-state index is 0.00923. The third-order valence-electron chi connectivity index (χ3n) is 3.50. The summed E-state index contributed by atoms with van der Waals surface area (Å²) >= 11 is 0. The number of anilines is 1. The number of aliphatic hydroxyl groups excluding tert-OH is 1. The quantitative estimate of drug-likeness (QED) is 0.731. The van der Waals surface area contributed by atoms with Gasteiger partial charge in [0.1, 0.15) is 0 Å². The number of rotatable bonds is 8. The first-order valence-corrected chi connectivity index (χ1v) is 7.39. The number of carboxylic acid groups (broad SMARTS) is 1. The summed E-state index contributed by atoms with van der Waals surface area (Å²) in [4.78, 5) is 24.8. The van der Waals surface area contributed by atoms with E-state index in [9.17, 15) is 9.59 Å². The van der Waals surface area contributed by atoms with Gasteiger partial charge in [-0.3, -0.25) is 9.59 Å². The van der Waals surface area contributed by atoms with E-state index in [2.05, 4.69) is 0 Å². The number of ketones is 1. The molecule has 23 heavy (non-hydrogen) atoms. The Morgan fingerprint density at radius 3 is 2.04 bits per heavy atom. The molecule has 2 N–H and O–H groups in total. The highest BCUT2D eigenvalue weighted by Crippen LogP contribution is 2.17. The zero-order chi connectivity index (χ0) is 16.7. The van der Waals surface area contributed by atoms with Gasteiger partial charge >= 0.3 is 5.97 Å². The van der Waals surface area contributed by atoms with Gasteiger partial charge in [0, 0.05) is 29.9 Å². The fraction of sp³-hybridized carbons (Fsp3) is 0.222. The van der Waals surface area contributed by atoms with Crippen molar-refractivity contribution in [2.75, 3.05) is 24.6 Å². The Morgan fingerprint density at radius 2 is 1.48 bits per heavy atom. The van der Waals surface area contributed by atoms with Crippen LogP contribution in [-0.2, 0) is 4.79 Å². The molecule has 0 bridgehead atoms. The maximum absolute atomic E-state index is 12.3. The van der Waals surface area contributed by atoms with Crippen LogP contribution in [-0.4, -0.2) is 41.7 Å². The van der Waals surface area contributed by atoms with Crippen LogP contribution in [0, 0.1) is 0 Å². The molecule has 120 valence electrons. The highest BCUT2D eigenvalue weighted by molar-refractivity contribution is 6.09. The smallest absolute Gasteiger partial charge is 0.305 e. The summed E-state index contributed by atoms with van der Waals surface area (Å²) in [5.41, 5.74) is 1.98. The Morgan fingerprint density at radius 1 is 0.870 bits per heavy atom. The van der Waals surface area contributed by atoms with Gasteiger partial charge in [0.25, 0.3) is 0 Å². The Kier molecular flexibility index (Phi) is 5.88. The average molecular weight is 313 g/mol. The minimum atomic E-state index is -0.885. The van der Waals surface area contributed by atoms with Crippen LogP contribution >= 0.6 is 0 Å². The Balaban J connectivity index is 2.13. The van der Waals surface area contributed by atoms with Crippen LogP contribution in [0.2, 0.25) is 0 Å². The summed E-state index contributed by atoms with van der Waals surface area (Å²) in [6.45, 7) is 0.589. The molecule has 0 aliphatic heterocycles. The number of benzene rings is 2. The first-order valence-electron chi connectivity index (χ1n) is 7.39. The molecule has 2 aromatic rings. The molecule has 5 nitrogen and oxygen atoms in total. The van der Waals surface area contributed by atoms with Crippen LogP contribution in [0.4, 0.5) is 5.69 Å². The number of hydrogen-bond acceptors (Lipinski definition) is 4. The molecule has 0 heterocycles. The van der Waals surface area contributed by atoms with Gasteiger partial charge in [-0.25, -0.2) is 0 Å². The summed E-state index contributed by atoms with van der Waals surface area (Å²) in [7, 11) is 0. The SMILES string of the molecule is O=C(O)CCN(CCO)c1ccc(C(=O)c2ccccc2)cc1. The van der Waals surface area contributed by atoms with Crippen molar-refractivity contribution >= 4 is 17.4 Å². The summed E-state index contributed by atoms with van der Waals surface area (Å²) in [6.07, 6.45) is -0.00923. The van der Waals surface area contributed by atoms with E-state index in [0.29, 0.717) is 24.2 Å². The number of carboxylic acids is 1. The summed E-state index contributed by atoms with van der Waals surface area (Å²) in [6, 6.07) is 16.0. The van der Waals surface area contributed by atoms with E-state index >= 15 is 0 Å². The second-order valence-electron chi connectivity index (χ2n) is 5.10. The van der Waals surface area contributed by atoms with Gasteiger partial charge < -0.3 is 15.1 Å². The van der Waals surface area contributed by atoms with Crippen molar-refractivity contribution in [3.63, 3.8) is 0 Å². The van der Waals surface area contributed by atoms with Crippen molar-refractivity contribution in [1.29, 1.82) is 0 Å². The highest BCUT2D eigenvalue weighted by atomic mass is 16.4. The maximum atomic E-state index is 12.3. The number of carbonyl (C=O) groups is 2. The van der Waals surface area contributed by atoms with E-state index in [0.717, 1.165) is 5.69 Å². The molecule has 5 heteroatoms. The van der Waals surface area contributed by atoms with Gasteiger partial charge in [0.05, 0.1) is 13.0 Å². The molecule has 0 saturated heterocycles. The molecule has 0 fully saturated rings. The van der Waals surface area contributed by atoms with Gasteiger partial charge in [0.15, 0.2) is 5.78 Å². The predicted octanol–water partition coefficient (Wildman–Crippen LogP) is 2.19. The normalized spacial score (nSPS) is 10.3. The monoisotopic (exact) mass is 313 g/mol. The number of nitrogens with zero attached hydrogens (tertiary/aromatic N) is 1. The van der Waals surface area contributed by atoms with Crippen molar-refractivity contribution in [3.8, 4) is 0 Å². The lowest BCUT2D eigenvalue weighted by Gasteiger charge is -2.23. The third kappa shape index (κ3) is 4.66. The molecule has 0 amide bonds. The Bertz CT molecular complexity index is 652. The second kappa shape index (κ2) is 8.10. The predicted molar refractivity (Wildman–Crippen MR) is 87.9 cm³/mol. The molecule has 0 saturated carbocycles. The molecule has 0 unspecified atom stereocenters. The molecule has 0 aromatic heterocycles. The number of aliphatic hydroxyl groups is 1. The van der Waals surface area contributed by atoms with Crippen molar-refractivity contribution in [2.24, 2.45) is 0 Å². The van der Waals surface area contributed by atoms with E-state index in [1.165, 1.54) is 0 Å². The van der Waals surface area contributed by atoms with E-state index < -0.39 is 5.97 Å². The number of carbonyl (C=O) groups excluding carboxylic acids is 1. The van der Waals surface area contributed by atoms with Crippen LogP contribution in [0.1, 0.15) is 22.3 Å². The summed E-state index contributed by atoms with van der Waals surface area (Å²) in [5.74, 6) is -0.944. The fourth-order valence-electron chi connectivity index (χ4n) is 2.30. The lowest BCUT2D eigenvalue weighted by molar-refractivity contribution is -0.136. The second-order valence-corrected chi connectivity index (χ2v) is 5.10. The number of hydrogen-bond donors (Lipinski definition) is 2. The zero-order valence-corrected chi connectivity index (χ0v) is 12.7. The van der Waals surface area contributed by atoms with Crippen molar-refractivity contribution in [1.82, 2.24) is 0 Å². The third-order valence-corrected chi connectivity index (χ3v) is 3.50. The molecule has 0 atom stereocenters. The summed E-state index contributed by atoms with van der Waals surface area (Å²) < 4.78 is 0. The molecule has 0 spiro atoms. The molecule has 2 rings (SSSR count). The zero-order valence-electron chi connectivity index (χ0n) is 12.7. The average Bonchev–Trinajstić information content (AvgIpc) is 2.59. The first-order chi connectivity index (χ1) is 11.1. The Labute approximate surface area is 134 Å². The van der Waals surface area contributed by atoms with Gasteiger partial charge in [-0.15, -0.1) is 0 Å². The maximum Gasteiger partial charge on any atom is 0.305 e. The standard InChI is InChI=1S/C18H19NO4/c20-13-12-19(11-10-17(21)22)16-8-6-15(7-9-16)18(23)14-4-2-1-3-5-14/h1-9,20H,10-13H2,(H,21,22). The molecule has 0 aliphatic rings. The largest absolute Gasteiger partial charge is 0.481 e. The number of aliphatic carboxylic acids is 1. The molecule has 0 aliphatic carbocycles. The lowest BCUT2D eigenvalue weighted by atomic mass is 10.0. The van der Waals surface area contributed by atoms with Gasteiger partial charge in [-0.1, -0.05) is 30.3 Å². The van der Waals surface area contributed by atoms with Crippen LogP contribution in [0.15, 0.2) is 54.6 Å². The minimum Gasteiger partial charge on any atom is -0.481 e. The lowest BCUT2D eigenvalue weighted by Crippen LogP contribution is -2.29. The van der Waals surface area contributed by atoms with Crippen LogP contribution in [0.3, 0.4) is 0 Å². The molecular formula is C18H19NO4. The van der Waals surface area contributed by atoms with Crippen LogP contribution in [0.25, 0.3) is 0 Å². The van der Waals surface area contributed by atoms with E-state index in [1.54, 1.807) is 41.3 Å². The topological polar surface area (TPSA) is 77.8 Å². The fourth-order valence-corrected chi connectivity index (χ4v) is 2.30. The van der Waals surface area contributed by atoms with Crippen LogP contribution < -0.4 is 4.90 Å². The van der Waals surface area contributed by atoms with Crippen molar-refractivity contribution in [3.05, 3.63) is 65.7 Å². The molecule has 0 radical (unpaired) electrons. The summed E-state index contributed by atoms with van der Waals surface area (Å²) in [5, 5.41) is 17.9. The van der Waals surface area contributed by atoms with Gasteiger partial charge in [0.2, 0.25) is 0 Å². The Hall–Kier alpha value is -2.66. The van der Waals surface area contributed by atoms with Crippen LogP contribution in [0.5, 0.6) is 0 Å². The molecule has 2 aromatic carbocycles. The van der Waals surface area contributed by atoms with E-state index in [-0.39, 0.29) is 18.8 Å². The van der Waals surface area contributed by atoms with E-state index in [4.69, 9.17) is 10.2 Å². The first kappa shape index (κ1) is 16.7. The van der Waals surface area contributed by atoms with Gasteiger partial charge in [-0.2, -0.15) is 0 Å². The van der Waals surface area contributed by atoms with Gasteiger partial charge in [-0.05, 0) is 24.3 Å². The molecular weight excluding hydrogens is 294 g/mol.